The van der Waals surface area contributed by atoms with Crippen molar-refractivity contribution in [2.24, 2.45) is 0 Å². The standard InChI is InChI=1S/C28H31NP2S2/c1-2-3-20-29(31(27-16-10-21-32-27)28-17-11-22-33-28)30-25(23-12-6-4-7-13-23)18-19-26(30)24-14-8-5-9-15-24/h4-17,21-22,25-26H,2-3,18-20H2,1H3. The van der Waals surface area contributed by atoms with Gasteiger partial charge in [0, 0.05) is 27.1 Å². The van der Waals surface area contributed by atoms with Crippen LogP contribution in [0.3, 0.4) is 0 Å². The van der Waals surface area contributed by atoms with Crippen molar-refractivity contribution in [3.8, 4) is 0 Å². The molecule has 33 heavy (non-hydrogen) atoms. The summed E-state index contributed by atoms with van der Waals surface area (Å²) in [6, 6.07) is 32.0. The summed E-state index contributed by atoms with van der Waals surface area (Å²) >= 11 is 3.90. The Hall–Kier alpha value is -1.34. The molecule has 1 aliphatic rings. The van der Waals surface area contributed by atoms with Crippen LogP contribution in [0.1, 0.15) is 55.1 Å². The highest BCUT2D eigenvalue weighted by atomic mass is 32.1. The lowest BCUT2D eigenvalue weighted by Crippen LogP contribution is -2.25. The molecule has 1 nitrogen and oxygen atoms in total. The predicted octanol–water partition coefficient (Wildman–Crippen LogP) is 8.93. The monoisotopic (exact) mass is 507 g/mol. The largest absolute Gasteiger partial charge is 0.250 e. The van der Waals surface area contributed by atoms with E-state index >= 15 is 0 Å². The van der Waals surface area contributed by atoms with Crippen LogP contribution >= 0.6 is 38.8 Å². The van der Waals surface area contributed by atoms with Gasteiger partial charge in [-0.05, 0) is 61.4 Å². The maximum atomic E-state index is 3.02. The van der Waals surface area contributed by atoms with Crippen LogP contribution in [0.2, 0.25) is 0 Å². The summed E-state index contributed by atoms with van der Waals surface area (Å²) in [5.74, 6) is 0. The zero-order valence-electron chi connectivity index (χ0n) is 19.1. The summed E-state index contributed by atoms with van der Waals surface area (Å²) in [5.41, 5.74) is 4.34. The van der Waals surface area contributed by atoms with Crippen molar-refractivity contribution in [2.75, 3.05) is 6.54 Å². The van der Waals surface area contributed by atoms with Crippen LogP contribution in [-0.4, -0.2) is 11.0 Å². The van der Waals surface area contributed by atoms with Gasteiger partial charge in [0.05, 0.1) is 8.07 Å². The Bertz CT molecular complexity index is 1000. The second kappa shape index (κ2) is 11.4. The van der Waals surface area contributed by atoms with Crippen LogP contribution in [0, 0.1) is 0 Å². The van der Waals surface area contributed by atoms with E-state index in [-0.39, 0.29) is 8.07 Å². The van der Waals surface area contributed by atoms with Gasteiger partial charge in [0.25, 0.3) is 0 Å². The highest BCUT2D eigenvalue weighted by Gasteiger charge is 2.44. The van der Waals surface area contributed by atoms with Crippen LogP contribution < -0.4 is 9.24 Å². The van der Waals surface area contributed by atoms with Crippen molar-refractivity contribution in [1.82, 2.24) is 4.44 Å². The Labute approximate surface area is 209 Å². The first-order chi connectivity index (χ1) is 16.4. The lowest BCUT2D eigenvalue weighted by molar-refractivity contribution is 0.632. The molecule has 0 amide bonds. The molecule has 170 valence electrons. The van der Waals surface area contributed by atoms with E-state index in [2.05, 4.69) is 107 Å². The Balaban J connectivity index is 1.63. The summed E-state index contributed by atoms with van der Waals surface area (Å²) in [4.78, 5) is 0. The van der Waals surface area contributed by atoms with Crippen molar-refractivity contribution in [2.45, 2.75) is 43.9 Å². The van der Waals surface area contributed by atoms with Gasteiger partial charge < -0.3 is 0 Å². The summed E-state index contributed by atoms with van der Waals surface area (Å²) in [6.45, 7) is 3.53. The first-order valence-corrected chi connectivity index (χ1v) is 16.4. The average Bonchev–Trinajstić information content (AvgIpc) is 3.65. The molecule has 0 aliphatic carbocycles. The van der Waals surface area contributed by atoms with Gasteiger partial charge in [-0.25, -0.2) is 0 Å². The minimum atomic E-state index is -0.498. The van der Waals surface area contributed by atoms with E-state index in [1.807, 2.05) is 22.7 Å². The fraction of sp³-hybridized carbons (Fsp3) is 0.286. The third kappa shape index (κ3) is 5.19. The molecule has 0 bridgehead atoms. The molecule has 2 unspecified atom stereocenters. The van der Waals surface area contributed by atoms with Crippen molar-refractivity contribution < 1.29 is 0 Å². The van der Waals surface area contributed by atoms with E-state index in [9.17, 15) is 0 Å². The van der Waals surface area contributed by atoms with E-state index in [4.69, 9.17) is 0 Å². The summed E-state index contributed by atoms with van der Waals surface area (Å²) in [7, 11) is -0.871. The van der Waals surface area contributed by atoms with Crippen molar-refractivity contribution in [1.29, 1.82) is 0 Å². The Kier molecular flexibility index (Phi) is 8.08. The van der Waals surface area contributed by atoms with Gasteiger partial charge in [0.15, 0.2) is 0 Å². The molecular formula is C28H31NP2S2. The lowest BCUT2D eigenvalue weighted by atomic mass is 10.0. The van der Waals surface area contributed by atoms with E-state index in [0.717, 1.165) is 0 Å². The Morgan fingerprint density at radius 2 is 1.27 bits per heavy atom. The molecule has 4 aromatic rings. The molecule has 5 heteroatoms. The second-order valence-electron chi connectivity index (χ2n) is 8.47. The Morgan fingerprint density at radius 3 is 1.70 bits per heavy atom. The zero-order chi connectivity index (χ0) is 22.5. The highest BCUT2D eigenvalue weighted by molar-refractivity contribution is 7.85. The van der Waals surface area contributed by atoms with Crippen LogP contribution in [-0.2, 0) is 0 Å². The molecule has 0 radical (unpaired) electrons. The van der Waals surface area contributed by atoms with Crippen LogP contribution in [0.5, 0.6) is 0 Å². The van der Waals surface area contributed by atoms with E-state index in [1.54, 1.807) is 9.24 Å². The van der Waals surface area contributed by atoms with Gasteiger partial charge in [-0.2, -0.15) is 0 Å². The molecular weight excluding hydrogens is 476 g/mol. The van der Waals surface area contributed by atoms with Crippen molar-refractivity contribution in [3.05, 3.63) is 107 Å². The molecule has 0 N–H and O–H groups in total. The van der Waals surface area contributed by atoms with E-state index < -0.39 is 8.07 Å². The molecule has 2 aromatic carbocycles. The normalized spacial score (nSPS) is 20.6. The first-order valence-electron chi connectivity index (χ1n) is 11.9. The summed E-state index contributed by atoms with van der Waals surface area (Å²) in [5, 5.41) is 4.53. The smallest absolute Gasteiger partial charge is 0.0526 e. The van der Waals surface area contributed by atoms with E-state index in [0.29, 0.717) is 11.3 Å². The number of rotatable bonds is 9. The van der Waals surface area contributed by atoms with Crippen LogP contribution in [0.15, 0.2) is 95.7 Å². The number of hydrogen-bond donors (Lipinski definition) is 0. The second-order valence-corrected chi connectivity index (χ2v) is 15.8. The van der Waals surface area contributed by atoms with Gasteiger partial charge in [0.2, 0.25) is 0 Å². The first kappa shape index (κ1) is 23.4. The molecule has 2 atom stereocenters. The number of benzene rings is 2. The predicted molar refractivity (Wildman–Crippen MR) is 151 cm³/mol. The maximum absolute atomic E-state index is 3.02. The minimum absolute atomic E-state index is 0.373. The summed E-state index contributed by atoms with van der Waals surface area (Å²) in [6.07, 6.45) is 5.08. The highest BCUT2D eigenvalue weighted by Crippen LogP contribution is 2.76. The molecule has 2 aromatic heterocycles. The van der Waals surface area contributed by atoms with Gasteiger partial charge >= 0.3 is 0 Å². The fourth-order valence-electron chi connectivity index (χ4n) is 4.84. The molecule has 0 saturated carbocycles. The quantitative estimate of drug-likeness (QED) is 0.204. The molecule has 1 aliphatic heterocycles. The fourth-order valence-corrected chi connectivity index (χ4v) is 15.5. The average molecular weight is 508 g/mol. The van der Waals surface area contributed by atoms with Gasteiger partial charge in [-0.3, -0.25) is 4.44 Å². The van der Waals surface area contributed by atoms with Crippen LogP contribution in [0.25, 0.3) is 0 Å². The minimum Gasteiger partial charge on any atom is -0.250 e. The van der Waals surface area contributed by atoms with Crippen LogP contribution in [0.4, 0.5) is 0 Å². The summed E-state index contributed by atoms with van der Waals surface area (Å²) < 4.78 is 6.13. The number of hydrogen-bond acceptors (Lipinski definition) is 3. The Morgan fingerprint density at radius 1 is 0.758 bits per heavy atom. The third-order valence-electron chi connectivity index (χ3n) is 6.36. The topological polar surface area (TPSA) is 3.24 Å². The molecule has 1 fully saturated rings. The third-order valence-corrected chi connectivity index (χ3v) is 15.4. The number of unbranched alkanes of at least 4 members (excludes halogenated alkanes) is 1. The maximum Gasteiger partial charge on any atom is 0.0526 e. The van der Waals surface area contributed by atoms with Gasteiger partial charge in [0.1, 0.15) is 0 Å². The number of nitrogens with zero attached hydrogens (tertiary/aromatic N) is 1. The van der Waals surface area contributed by atoms with Crippen molar-refractivity contribution in [3.63, 3.8) is 0 Å². The zero-order valence-corrected chi connectivity index (χ0v) is 22.5. The molecule has 1 saturated heterocycles. The van der Waals surface area contributed by atoms with Gasteiger partial charge in [-0.15, -0.1) is 22.7 Å². The SMILES string of the molecule is CCCCN(P(c1cccs1)c1cccs1)P1C(c2ccccc2)CCC1c1ccccc1. The van der Waals surface area contributed by atoms with Gasteiger partial charge in [-0.1, -0.05) is 86.1 Å². The lowest BCUT2D eigenvalue weighted by Gasteiger charge is -2.41. The molecule has 5 rings (SSSR count). The molecule has 3 heterocycles. The number of thiophene rings is 2. The molecule has 0 spiro atoms. The van der Waals surface area contributed by atoms with E-state index in [1.165, 1.54) is 43.4 Å². The van der Waals surface area contributed by atoms with Crippen molar-refractivity contribution >= 4 is 48.1 Å².